The zero-order chi connectivity index (χ0) is 15.1. The van der Waals surface area contributed by atoms with Crippen LogP contribution in [0.25, 0.3) is 0 Å². The quantitative estimate of drug-likeness (QED) is 0.816. The highest BCUT2D eigenvalue weighted by molar-refractivity contribution is 5.94. The molecular weight excluding hydrogens is 262 g/mol. The SMILES string of the molecule is CCCCc1ccc(C(=O)NC2CCCCCC2O)cc1. The molecule has 0 aromatic heterocycles. The highest BCUT2D eigenvalue weighted by Crippen LogP contribution is 2.18. The Balaban J connectivity index is 1.92. The van der Waals surface area contributed by atoms with Crippen molar-refractivity contribution in [3.63, 3.8) is 0 Å². The third kappa shape index (κ3) is 4.85. The van der Waals surface area contributed by atoms with Gasteiger partial charge in [0.1, 0.15) is 0 Å². The summed E-state index contributed by atoms with van der Waals surface area (Å²) in [5.74, 6) is -0.0667. The minimum absolute atomic E-state index is 0.0667. The van der Waals surface area contributed by atoms with Gasteiger partial charge in [-0.15, -0.1) is 0 Å². The smallest absolute Gasteiger partial charge is 0.251 e. The Labute approximate surface area is 127 Å². The van der Waals surface area contributed by atoms with Crippen molar-refractivity contribution < 1.29 is 9.90 Å². The van der Waals surface area contributed by atoms with Crippen molar-refractivity contribution in [2.45, 2.75) is 70.4 Å². The van der Waals surface area contributed by atoms with E-state index in [0.717, 1.165) is 38.5 Å². The molecule has 0 bridgehead atoms. The van der Waals surface area contributed by atoms with E-state index in [1.807, 2.05) is 24.3 Å². The number of unbranched alkanes of at least 4 members (excludes halogenated alkanes) is 1. The van der Waals surface area contributed by atoms with E-state index in [2.05, 4.69) is 12.2 Å². The lowest BCUT2D eigenvalue weighted by Crippen LogP contribution is -2.42. The first-order valence-corrected chi connectivity index (χ1v) is 8.28. The monoisotopic (exact) mass is 289 g/mol. The molecule has 116 valence electrons. The lowest BCUT2D eigenvalue weighted by molar-refractivity contribution is 0.0819. The molecule has 0 radical (unpaired) electrons. The average Bonchev–Trinajstić information content (AvgIpc) is 2.70. The Morgan fingerprint density at radius 2 is 1.90 bits per heavy atom. The molecule has 1 aliphatic rings. The lowest BCUT2D eigenvalue weighted by atomic mass is 10.0. The summed E-state index contributed by atoms with van der Waals surface area (Å²) in [6, 6.07) is 7.76. The van der Waals surface area contributed by atoms with E-state index in [1.54, 1.807) is 0 Å². The summed E-state index contributed by atoms with van der Waals surface area (Å²) >= 11 is 0. The van der Waals surface area contributed by atoms with Crippen molar-refractivity contribution in [3.05, 3.63) is 35.4 Å². The molecule has 2 rings (SSSR count). The van der Waals surface area contributed by atoms with Crippen LogP contribution in [0.2, 0.25) is 0 Å². The summed E-state index contributed by atoms with van der Waals surface area (Å²) in [5, 5.41) is 13.1. The fraction of sp³-hybridized carbons (Fsp3) is 0.611. The van der Waals surface area contributed by atoms with Crippen LogP contribution < -0.4 is 5.32 Å². The molecule has 1 aromatic carbocycles. The van der Waals surface area contributed by atoms with E-state index in [1.165, 1.54) is 18.4 Å². The number of hydrogen-bond acceptors (Lipinski definition) is 2. The Morgan fingerprint density at radius 3 is 2.62 bits per heavy atom. The van der Waals surface area contributed by atoms with Crippen LogP contribution in [0.15, 0.2) is 24.3 Å². The van der Waals surface area contributed by atoms with E-state index in [9.17, 15) is 9.90 Å². The van der Waals surface area contributed by atoms with Gasteiger partial charge in [-0.2, -0.15) is 0 Å². The van der Waals surface area contributed by atoms with Gasteiger partial charge < -0.3 is 10.4 Å². The van der Waals surface area contributed by atoms with Crippen LogP contribution in [-0.4, -0.2) is 23.2 Å². The second-order valence-corrected chi connectivity index (χ2v) is 6.09. The van der Waals surface area contributed by atoms with E-state index in [4.69, 9.17) is 0 Å². The molecule has 21 heavy (non-hydrogen) atoms. The average molecular weight is 289 g/mol. The third-order valence-electron chi connectivity index (χ3n) is 4.33. The highest BCUT2D eigenvalue weighted by atomic mass is 16.3. The molecule has 2 unspecified atom stereocenters. The summed E-state index contributed by atoms with van der Waals surface area (Å²) in [6.07, 6.45) is 7.98. The predicted octanol–water partition coefficient (Wildman–Crippen LogP) is 3.45. The number of carbonyl (C=O) groups excluding carboxylic acids is 1. The molecule has 1 amide bonds. The van der Waals surface area contributed by atoms with Gasteiger partial charge in [0.2, 0.25) is 0 Å². The van der Waals surface area contributed by atoms with Gasteiger partial charge in [0.05, 0.1) is 12.1 Å². The Kier molecular flexibility index (Phi) is 6.24. The second-order valence-electron chi connectivity index (χ2n) is 6.09. The number of aryl methyl sites for hydroxylation is 1. The molecule has 3 nitrogen and oxygen atoms in total. The molecule has 2 atom stereocenters. The van der Waals surface area contributed by atoms with Crippen molar-refractivity contribution in [3.8, 4) is 0 Å². The van der Waals surface area contributed by atoms with Crippen molar-refractivity contribution >= 4 is 5.91 Å². The van der Waals surface area contributed by atoms with E-state index in [-0.39, 0.29) is 11.9 Å². The number of aliphatic hydroxyl groups is 1. The molecule has 3 heteroatoms. The van der Waals surface area contributed by atoms with Crippen LogP contribution >= 0.6 is 0 Å². The lowest BCUT2D eigenvalue weighted by Gasteiger charge is -2.21. The van der Waals surface area contributed by atoms with Gasteiger partial charge in [-0.3, -0.25) is 4.79 Å². The molecule has 1 aliphatic carbocycles. The van der Waals surface area contributed by atoms with Gasteiger partial charge >= 0.3 is 0 Å². The summed E-state index contributed by atoms with van der Waals surface area (Å²) in [5.41, 5.74) is 1.97. The Bertz CT molecular complexity index is 441. The van der Waals surface area contributed by atoms with Crippen LogP contribution in [0.4, 0.5) is 0 Å². The van der Waals surface area contributed by atoms with Gasteiger partial charge in [-0.05, 0) is 43.4 Å². The van der Waals surface area contributed by atoms with Crippen molar-refractivity contribution in [2.75, 3.05) is 0 Å². The van der Waals surface area contributed by atoms with Gasteiger partial charge in [-0.25, -0.2) is 0 Å². The molecule has 0 saturated heterocycles. The van der Waals surface area contributed by atoms with E-state index in [0.29, 0.717) is 5.56 Å². The molecule has 0 aliphatic heterocycles. The first kappa shape index (κ1) is 16.0. The fourth-order valence-corrected chi connectivity index (χ4v) is 2.91. The maximum Gasteiger partial charge on any atom is 0.251 e. The molecule has 1 saturated carbocycles. The zero-order valence-corrected chi connectivity index (χ0v) is 13.0. The third-order valence-corrected chi connectivity index (χ3v) is 4.33. The number of aliphatic hydroxyl groups excluding tert-OH is 1. The van der Waals surface area contributed by atoms with Crippen LogP contribution in [-0.2, 0) is 6.42 Å². The van der Waals surface area contributed by atoms with Crippen molar-refractivity contribution in [1.82, 2.24) is 5.32 Å². The summed E-state index contributed by atoms with van der Waals surface area (Å²) in [4.78, 5) is 12.3. The topological polar surface area (TPSA) is 49.3 Å². The van der Waals surface area contributed by atoms with Gasteiger partial charge in [-0.1, -0.05) is 44.7 Å². The maximum absolute atomic E-state index is 12.3. The largest absolute Gasteiger partial charge is 0.391 e. The number of carbonyl (C=O) groups is 1. The Morgan fingerprint density at radius 1 is 1.19 bits per heavy atom. The standard InChI is InChI=1S/C18H27NO2/c1-2-3-7-14-10-12-15(13-11-14)18(21)19-16-8-5-4-6-9-17(16)20/h10-13,16-17,20H,2-9H2,1H3,(H,19,21). The van der Waals surface area contributed by atoms with Gasteiger partial charge in [0.25, 0.3) is 5.91 Å². The van der Waals surface area contributed by atoms with Crippen molar-refractivity contribution in [2.24, 2.45) is 0 Å². The van der Waals surface area contributed by atoms with Crippen LogP contribution in [0, 0.1) is 0 Å². The van der Waals surface area contributed by atoms with Gasteiger partial charge in [0, 0.05) is 5.56 Å². The number of benzene rings is 1. The molecule has 1 aromatic rings. The van der Waals surface area contributed by atoms with Gasteiger partial charge in [0.15, 0.2) is 0 Å². The van der Waals surface area contributed by atoms with Crippen LogP contribution in [0.5, 0.6) is 0 Å². The van der Waals surface area contributed by atoms with Crippen molar-refractivity contribution in [1.29, 1.82) is 0 Å². The molecular formula is C18H27NO2. The molecule has 0 spiro atoms. The Hall–Kier alpha value is -1.35. The van der Waals surface area contributed by atoms with E-state index < -0.39 is 6.10 Å². The first-order chi connectivity index (χ1) is 10.2. The molecule has 1 fully saturated rings. The van der Waals surface area contributed by atoms with Crippen LogP contribution in [0.1, 0.15) is 67.8 Å². The summed E-state index contributed by atoms with van der Waals surface area (Å²) in [6.45, 7) is 2.18. The van der Waals surface area contributed by atoms with Crippen LogP contribution in [0.3, 0.4) is 0 Å². The maximum atomic E-state index is 12.3. The summed E-state index contributed by atoms with van der Waals surface area (Å²) < 4.78 is 0. The predicted molar refractivity (Wildman–Crippen MR) is 85.4 cm³/mol. The molecule has 0 heterocycles. The number of amides is 1. The summed E-state index contributed by atoms with van der Waals surface area (Å²) in [7, 11) is 0. The minimum atomic E-state index is -0.403. The number of hydrogen-bond donors (Lipinski definition) is 2. The fourth-order valence-electron chi connectivity index (χ4n) is 2.91. The molecule has 2 N–H and O–H groups in total. The normalized spacial score (nSPS) is 22.6. The number of rotatable bonds is 5. The number of nitrogens with one attached hydrogen (secondary N) is 1. The second kappa shape index (κ2) is 8.18. The highest BCUT2D eigenvalue weighted by Gasteiger charge is 2.23. The van der Waals surface area contributed by atoms with E-state index >= 15 is 0 Å². The minimum Gasteiger partial charge on any atom is -0.391 e. The first-order valence-electron chi connectivity index (χ1n) is 8.28. The zero-order valence-electron chi connectivity index (χ0n) is 13.0.